The summed E-state index contributed by atoms with van der Waals surface area (Å²) in [7, 11) is -1.93. The number of aromatic nitrogens is 1. The molecule has 1 amide bonds. The Morgan fingerprint density at radius 2 is 1.90 bits per heavy atom. The molecule has 1 aliphatic rings. The van der Waals surface area contributed by atoms with Crippen molar-refractivity contribution >= 4 is 15.7 Å². The van der Waals surface area contributed by atoms with Gasteiger partial charge in [0.15, 0.2) is 9.84 Å². The number of nitrogens with zero attached hydrogens (tertiary/aromatic N) is 2. The summed E-state index contributed by atoms with van der Waals surface area (Å²) in [5.74, 6) is -0.249. The lowest BCUT2D eigenvalue weighted by molar-refractivity contribution is 0.0908. The van der Waals surface area contributed by atoms with E-state index in [2.05, 4.69) is 15.2 Å². The highest BCUT2D eigenvalue weighted by atomic mass is 32.2. The number of pyridine rings is 1. The lowest BCUT2D eigenvalue weighted by atomic mass is 10.0. The number of hydrogen-bond donors (Lipinski definition) is 1. The van der Waals surface area contributed by atoms with E-state index in [1.165, 1.54) is 19.2 Å². The molecule has 0 bridgehead atoms. The molecule has 0 atom stereocenters. The molecule has 1 aromatic heterocycles. The van der Waals surface area contributed by atoms with Crippen molar-refractivity contribution in [3.05, 3.63) is 59.9 Å². The van der Waals surface area contributed by atoms with Gasteiger partial charge in [-0.2, -0.15) is 0 Å². The lowest BCUT2D eigenvalue weighted by Gasteiger charge is -2.32. The molecule has 7 nitrogen and oxygen atoms in total. The van der Waals surface area contributed by atoms with Crippen molar-refractivity contribution < 1.29 is 17.9 Å². The molecule has 1 aromatic carbocycles. The summed E-state index contributed by atoms with van der Waals surface area (Å²) in [6, 6.07) is 12.1. The van der Waals surface area contributed by atoms with Crippen molar-refractivity contribution in [3.63, 3.8) is 0 Å². The highest BCUT2D eigenvalue weighted by Gasteiger charge is 2.22. The molecule has 3 rings (SSSR count). The van der Waals surface area contributed by atoms with Crippen molar-refractivity contribution in [2.24, 2.45) is 0 Å². The van der Waals surface area contributed by atoms with Crippen molar-refractivity contribution in [1.29, 1.82) is 0 Å². The summed E-state index contributed by atoms with van der Waals surface area (Å²) in [5, 5.41) is 3.06. The summed E-state index contributed by atoms with van der Waals surface area (Å²) in [6.45, 7) is 2.76. The SMILES string of the molecule is COCCS(=O)(=O)c1ccc(C(=O)NC2CCN(Cc3ccccn3)CC2)cc1. The zero-order valence-electron chi connectivity index (χ0n) is 16.6. The van der Waals surface area contributed by atoms with E-state index in [4.69, 9.17) is 4.74 Å². The molecule has 1 aliphatic heterocycles. The van der Waals surface area contributed by atoms with Crippen LogP contribution in [0.25, 0.3) is 0 Å². The van der Waals surface area contributed by atoms with E-state index in [0.29, 0.717) is 5.56 Å². The highest BCUT2D eigenvalue weighted by Crippen LogP contribution is 2.15. The van der Waals surface area contributed by atoms with Crippen LogP contribution in [0.15, 0.2) is 53.6 Å². The van der Waals surface area contributed by atoms with Crippen molar-refractivity contribution in [1.82, 2.24) is 15.2 Å². The number of rotatable bonds is 8. The van der Waals surface area contributed by atoms with Crippen LogP contribution < -0.4 is 5.32 Å². The third-order valence-electron chi connectivity index (χ3n) is 5.07. The number of methoxy groups -OCH3 is 1. The molecule has 156 valence electrons. The Bertz CT molecular complexity index is 893. The summed E-state index contributed by atoms with van der Waals surface area (Å²) in [4.78, 5) is 19.4. The van der Waals surface area contributed by atoms with Gasteiger partial charge in [-0.25, -0.2) is 8.42 Å². The number of carbonyl (C=O) groups is 1. The number of benzene rings is 1. The van der Waals surface area contributed by atoms with Gasteiger partial charge in [0.25, 0.3) is 5.91 Å². The van der Waals surface area contributed by atoms with E-state index in [1.807, 2.05) is 18.2 Å². The minimum Gasteiger partial charge on any atom is -0.384 e. The number of nitrogens with one attached hydrogen (secondary N) is 1. The summed E-state index contributed by atoms with van der Waals surface area (Å²) in [5.41, 5.74) is 1.52. The second-order valence-corrected chi connectivity index (χ2v) is 9.29. The van der Waals surface area contributed by atoms with Crippen LogP contribution in [0.1, 0.15) is 28.9 Å². The van der Waals surface area contributed by atoms with Crippen molar-refractivity contribution in [2.75, 3.05) is 32.6 Å². The maximum absolute atomic E-state index is 12.5. The van der Waals surface area contributed by atoms with Gasteiger partial charge in [0.2, 0.25) is 0 Å². The first kappa shape index (κ1) is 21.4. The number of ether oxygens (including phenoxy) is 1. The summed E-state index contributed by atoms with van der Waals surface area (Å²) < 4.78 is 29.2. The minimum atomic E-state index is -3.39. The number of sulfone groups is 1. The van der Waals surface area contributed by atoms with Crippen LogP contribution in [0, 0.1) is 0 Å². The number of likely N-dealkylation sites (tertiary alicyclic amines) is 1. The molecule has 0 saturated carbocycles. The number of amides is 1. The van der Waals surface area contributed by atoms with Crippen LogP contribution in [0.5, 0.6) is 0 Å². The molecule has 1 saturated heterocycles. The fourth-order valence-electron chi connectivity index (χ4n) is 3.35. The van der Waals surface area contributed by atoms with E-state index < -0.39 is 9.84 Å². The third-order valence-corrected chi connectivity index (χ3v) is 6.76. The molecular weight excluding hydrogens is 390 g/mol. The van der Waals surface area contributed by atoms with Gasteiger partial charge < -0.3 is 10.1 Å². The van der Waals surface area contributed by atoms with Gasteiger partial charge >= 0.3 is 0 Å². The van der Waals surface area contributed by atoms with Crippen LogP contribution in [0.3, 0.4) is 0 Å². The smallest absolute Gasteiger partial charge is 0.251 e. The Kier molecular flexibility index (Phi) is 7.35. The molecule has 0 spiro atoms. The minimum absolute atomic E-state index is 0.0773. The van der Waals surface area contributed by atoms with E-state index in [9.17, 15) is 13.2 Å². The monoisotopic (exact) mass is 417 g/mol. The first-order valence-electron chi connectivity index (χ1n) is 9.73. The first-order chi connectivity index (χ1) is 14.0. The molecule has 8 heteroatoms. The van der Waals surface area contributed by atoms with Crippen LogP contribution in [-0.4, -0.2) is 62.8 Å². The first-order valence-corrected chi connectivity index (χ1v) is 11.4. The van der Waals surface area contributed by atoms with Crippen molar-refractivity contribution in [3.8, 4) is 0 Å². The van der Waals surface area contributed by atoms with Gasteiger partial charge in [-0.3, -0.25) is 14.7 Å². The second kappa shape index (κ2) is 9.96. The van der Waals surface area contributed by atoms with Crippen molar-refractivity contribution in [2.45, 2.75) is 30.3 Å². The Morgan fingerprint density at radius 3 is 2.52 bits per heavy atom. The standard InChI is InChI=1S/C21H27N3O4S/c1-28-14-15-29(26,27)20-7-5-17(6-8-20)21(25)23-18-9-12-24(13-10-18)16-19-4-2-3-11-22-19/h2-8,11,18H,9-10,12-16H2,1H3,(H,23,25). The third kappa shape index (κ3) is 6.09. The fraction of sp³-hybridized carbons (Fsp3) is 0.429. The van der Waals surface area contributed by atoms with Crippen LogP contribution in [0.4, 0.5) is 0 Å². The average molecular weight is 418 g/mol. The van der Waals surface area contributed by atoms with Gasteiger partial charge in [0, 0.05) is 44.5 Å². The number of carbonyl (C=O) groups excluding carboxylic acids is 1. The van der Waals surface area contributed by atoms with Gasteiger partial charge in [0.1, 0.15) is 0 Å². The molecule has 0 aliphatic carbocycles. The summed E-state index contributed by atoms with van der Waals surface area (Å²) >= 11 is 0. The quantitative estimate of drug-likeness (QED) is 0.706. The fourth-order valence-corrected chi connectivity index (χ4v) is 4.52. The molecule has 2 heterocycles. The Hall–Kier alpha value is -2.29. The zero-order valence-corrected chi connectivity index (χ0v) is 17.4. The van der Waals surface area contributed by atoms with Gasteiger partial charge in [0.05, 0.1) is 22.9 Å². The van der Waals surface area contributed by atoms with E-state index in [-0.39, 0.29) is 29.2 Å². The van der Waals surface area contributed by atoms with Crippen LogP contribution in [-0.2, 0) is 21.1 Å². The molecule has 0 unspecified atom stereocenters. The Balaban J connectivity index is 1.49. The normalized spacial score (nSPS) is 15.9. The van der Waals surface area contributed by atoms with Gasteiger partial charge in [-0.1, -0.05) is 6.07 Å². The highest BCUT2D eigenvalue weighted by molar-refractivity contribution is 7.91. The van der Waals surface area contributed by atoms with Gasteiger partial charge in [-0.15, -0.1) is 0 Å². The summed E-state index contributed by atoms with van der Waals surface area (Å²) in [6.07, 6.45) is 3.56. The predicted octanol–water partition coefficient (Wildman–Crippen LogP) is 1.90. The van der Waals surface area contributed by atoms with Crippen LogP contribution >= 0.6 is 0 Å². The molecule has 1 N–H and O–H groups in total. The second-order valence-electron chi connectivity index (χ2n) is 7.18. The molecule has 2 aromatic rings. The largest absolute Gasteiger partial charge is 0.384 e. The maximum Gasteiger partial charge on any atom is 0.251 e. The zero-order chi connectivity index (χ0) is 20.7. The molecule has 1 fully saturated rings. The molecular formula is C21H27N3O4S. The average Bonchev–Trinajstić information content (AvgIpc) is 2.74. The van der Waals surface area contributed by atoms with Crippen LogP contribution in [0.2, 0.25) is 0 Å². The van der Waals surface area contributed by atoms with E-state index in [1.54, 1.807) is 18.3 Å². The molecule has 0 radical (unpaired) electrons. The number of hydrogen-bond acceptors (Lipinski definition) is 6. The van der Waals surface area contributed by atoms with E-state index in [0.717, 1.165) is 38.2 Å². The topological polar surface area (TPSA) is 88.6 Å². The number of piperidine rings is 1. The lowest BCUT2D eigenvalue weighted by Crippen LogP contribution is -2.44. The molecule has 29 heavy (non-hydrogen) atoms. The predicted molar refractivity (Wildman–Crippen MR) is 110 cm³/mol. The Labute approximate surface area is 172 Å². The van der Waals surface area contributed by atoms with E-state index >= 15 is 0 Å². The van der Waals surface area contributed by atoms with Gasteiger partial charge in [-0.05, 0) is 49.2 Å². The Morgan fingerprint density at radius 1 is 1.17 bits per heavy atom. The maximum atomic E-state index is 12.5.